The van der Waals surface area contributed by atoms with Crippen molar-refractivity contribution in [2.45, 2.75) is 12.8 Å². The van der Waals surface area contributed by atoms with Gasteiger partial charge < -0.3 is 24.1 Å². The Morgan fingerprint density at radius 3 is 2.30 bits per heavy atom. The summed E-state index contributed by atoms with van der Waals surface area (Å²) >= 11 is 0. The van der Waals surface area contributed by atoms with Crippen LogP contribution in [0.5, 0.6) is 23.0 Å². The second kappa shape index (κ2) is 9.73. The Kier molecular flexibility index (Phi) is 6.67. The van der Waals surface area contributed by atoms with Crippen molar-refractivity contribution in [3.8, 4) is 23.0 Å². The molecule has 1 aromatic heterocycles. The minimum atomic E-state index is -4.09. The maximum Gasteiger partial charge on any atom is 0.330 e. The van der Waals surface area contributed by atoms with Gasteiger partial charge in [-0.3, -0.25) is 14.6 Å². The number of halogens is 1. The maximum atomic E-state index is 14.8. The standard InChI is InChI=1S/C21H16FN5O9S/c1-34-17-9-12-14(10-18(17)36-37(25-31,26-32)27-33)23-7-4-15(12)35-16-3-2-11(8-13(16)22)24-19(28)21(5-6-21)20(29)30/h2-4,7-10H,5-6H2,1H3,(H,24,28)(H,29,30). The lowest BCUT2D eigenvalue weighted by atomic mass is 10.1. The van der Waals surface area contributed by atoms with Crippen molar-refractivity contribution in [1.82, 2.24) is 4.98 Å². The molecule has 37 heavy (non-hydrogen) atoms. The second-order valence-electron chi connectivity index (χ2n) is 7.69. The van der Waals surface area contributed by atoms with Gasteiger partial charge in [-0.1, -0.05) is 0 Å². The number of rotatable bonds is 11. The van der Waals surface area contributed by atoms with Crippen molar-refractivity contribution in [3.63, 3.8) is 0 Å². The van der Waals surface area contributed by atoms with Gasteiger partial charge in [0.2, 0.25) is 5.91 Å². The fourth-order valence-corrected chi connectivity index (χ4v) is 3.89. The van der Waals surface area contributed by atoms with Gasteiger partial charge in [-0.05, 0) is 37.1 Å². The average molecular weight is 533 g/mol. The third-order valence-corrected chi connectivity index (χ3v) is 6.47. The third-order valence-electron chi connectivity index (χ3n) is 5.48. The molecular formula is C21H16FN5O9S. The number of anilines is 1. The maximum absolute atomic E-state index is 14.8. The average Bonchev–Trinajstić information content (AvgIpc) is 3.71. The minimum Gasteiger partial charge on any atom is -0.493 e. The smallest absolute Gasteiger partial charge is 0.330 e. The number of benzene rings is 2. The van der Waals surface area contributed by atoms with E-state index in [0.29, 0.717) is 5.39 Å². The highest BCUT2D eigenvalue weighted by atomic mass is 32.3. The summed E-state index contributed by atoms with van der Waals surface area (Å²) < 4.78 is 37.6. The Balaban J connectivity index is 1.62. The van der Waals surface area contributed by atoms with E-state index in [0.717, 1.165) is 6.07 Å². The molecule has 1 amide bonds. The Morgan fingerprint density at radius 2 is 1.73 bits per heavy atom. The topological polar surface area (TPSA) is 195 Å². The molecule has 1 aliphatic carbocycles. The van der Waals surface area contributed by atoms with E-state index in [1.807, 2.05) is 0 Å². The monoisotopic (exact) mass is 533 g/mol. The number of carbonyl (C=O) groups excluding carboxylic acids is 1. The van der Waals surface area contributed by atoms with Gasteiger partial charge in [0.1, 0.15) is 11.2 Å². The highest BCUT2D eigenvalue weighted by Crippen LogP contribution is 2.55. The van der Waals surface area contributed by atoms with Gasteiger partial charge >= 0.3 is 16.8 Å². The largest absolute Gasteiger partial charge is 0.493 e. The number of nitrogens with zero attached hydrogens (tertiary/aromatic N) is 4. The molecule has 1 aliphatic rings. The first-order valence-electron chi connectivity index (χ1n) is 10.3. The summed E-state index contributed by atoms with van der Waals surface area (Å²) in [7, 11) is -2.86. The van der Waals surface area contributed by atoms with E-state index in [-0.39, 0.29) is 47.0 Å². The Bertz CT molecular complexity index is 1430. The molecule has 14 nitrogen and oxygen atoms in total. The van der Waals surface area contributed by atoms with Gasteiger partial charge in [-0.15, -0.1) is 14.7 Å². The number of carboxylic acid groups (broad SMARTS) is 1. The molecule has 0 unspecified atom stereocenters. The number of amides is 1. The van der Waals surface area contributed by atoms with Gasteiger partial charge in [0.15, 0.2) is 23.1 Å². The van der Waals surface area contributed by atoms with Crippen LogP contribution >= 0.6 is 10.9 Å². The number of fused-ring (bicyclic) bond motifs is 1. The quantitative estimate of drug-likeness (QED) is 0.246. The molecule has 0 spiro atoms. The number of ether oxygens (including phenoxy) is 2. The first-order valence-corrected chi connectivity index (χ1v) is 11.7. The van der Waals surface area contributed by atoms with E-state index in [9.17, 15) is 33.8 Å². The summed E-state index contributed by atoms with van der Waals surface area (Å²) in [4.78, 5) is 60.4. The zero-order chi connectivity index (χ0) is 26.8. The van der Waals surface area contributed by atoms with Crippen LogP contribution in [0, 0.1) is 26.0 Å². The molecule has 1 saturated carbocycles. The van der Waals surface area contributed by atoms with Crippen LogP contribution in [0.4, 0.5) is 10.1 Å². The molecule has 0 saturated heterocycles. The number of pyridine rings is 1. The van der Waals surface area contributed by atoms with Crippen LogP contribution in [0.15, 0.2) is 56.3 Å². The number of carbonyl (C=O) groups is 2. The van der Waals surface area contributed by atoms with E-state index in [1.54, 1.807) is 0 Å². The second-order valence-corrected chi connectivity index (χ2v) is 9.24. The van der Waals surface area contributed by atoms with Crippen molar-refractivity contribution in [3.05, 3.63) is 63.1 Å². The predicted octanol–water partition coefficient (Wildman–Crippen LogP) is 5.12. The van der Waals surface area contributed by atoms with Gasteiger partial charge in [-0.25, -0.2) is 4.39 Å². The first kappa shape index (κ1) is 25.4. The molecule has 0 atom stereocenters. The van der Waals surface area contributed by atoms with Crippen LogP contribution in [-0.4, -0.2) is 29.1 Å². The minimum absolute atomic E-state index is 0.0489. The van der Waals surface area contributed by atoms with Crippen LogP contribution in [0.3, 0.4) is 0 Å². The number of nitrogens with one attached hydrogen (secondary N) is 1. The zero-order valence-corrected chi connectivity index (χ0v) is 19.6. The highest BCUT2D eigenvalue weighted by molar-refractivity contribution is 8.26. The molecule has 4 rings (SSSR count). The molecule has 192 valence electrons. The van der Waals surface area contributed by atoms with Crippen molar-refractivity contribution in [1.29, 1.82) is 0 Å². The number of methoxy groups -OCH3 is 1. The third kappa shape index (κ3) is 4.73. The van der Waals surface area contributed by atoms with Gasteiger partial charge in [0.25, 0.3) is 0 Å². The molecular weight excluding hydrogens is 517 g/mol. The van der Waals surface area contributed by atoms with Crippen LogP contribution in [0.1, 0.15) is 12.8 Å². The lowest BCUT2D eigenvalue weighted by Crippen LogP contribution is -2.31. The lowest BCUT2D eigenvalue weighted by Gasteiger charge is -2.18. The fraction of sp³-hybridized carbons (Fsp3) is 0.190. The van der Waals surface area contributed by atoms with Crippen molar-refractivity contribution >= 4 is 39.3 Å². The molecule has 1 heterocycles. The fourth-order valence-electron chi connectivity index (χ4n) is 3.34. The van der Waals surface area contributed by atoms with E-state index in [4.69, 9.17) is 13.7 Å². The SMILES string of the molecule is COc1cc2c(Oc3ccc(NC(=O)C4(C(=O)O)CC4)cc3F)ccnc2cc1OS(N=O)(N=O)N=O. The number of hydrogen-bond acceptors (Lipinski definition) is 12. The van der Waals surface area contributed by atoms with Crippen LogP contribution < -0.4 is 19.0 Å². The highest BCUT2D eigenvalue weighted by Gasteiger charge is 2.57. The molecule has 2 N–H and O–H groups in total. The van der Waals surface area contributed by atoms with Crippen molar-refractivity contribution < 1.29 is 32.7 Å². The molecule has 16 heteroatoms. The molecule has 0 bridgehead atoms. The Labute approximate surface area is 208 Å². The summed E-state index contributed by atoms with van der Waals surface area (Å²) in [6, 6.07) is 7.54. The van der Waals surface area contributed by atoms with E-state index >= 15 is 0 Å². The molecule has 3 aromatic rings. The van der Waals surface area contributed by atoms with Crippen molar-refractivity contribution in [2.24, 2.45) is 19.2 Å². The predicted molar refractivity (Wildman–Crippen MR) is 128 cm³/mol. The molecule has 0 radical (unpaired) electrons. The Morgan fingerprint density at radius 1 is 1.03 bits per heavy atom. The van der Waals surface area contributed by atoms with Crippen LogP contribution in [0.25, 0.3) is 10.9 Å². The summed E-state index contributed by atoms with van der Waals surface area (Å²) in [5.74, 6) is -3.27. The summed E-state index contributed by atoms with van der Waals surface area (Å²) in [6.45, 7) is 0. The molecule has 1 fully saturated rings. The van der Waals surface area contributed by atoms with Gasteiger partial charge in [0, 0.05) is 29.4 Å². The van der Waals surface area contributed by atoms with Gasteiger partial charge in [0.05, 0.1) is 26.4 Å². The molecule has 2 aromatic carbocycles. The zero-order valence-electron chi connectivity index (χ0n) is 18.7. The molecule has 0 aliphatic heterocycles. The number of aliphatic carboxylic acids is 1. The van der Waals surface area contributed by atoms with Crippen molar-refractivity contribution in [2.75, 3.05) is 12.4 Å². The number of hydrogen-bond donors (Lipinski definition) is 2. The normalized spacial score (nSPS) is 14.2. The number of nitroso groups, excluding NO2 is 3. The van der Waals surface area contributed by atoms with E-state index < -0.39 is 34.0 Å². The summed E-state index contributed by atoms with van der Waals surface area (Å²) in [5, 5.41) is 11.9. The van der Waals surface area contributed by atoms with E-state index in [2.05, 4.69) is 24.0 Å². The van der Waals surface area contributed by atoms with Gasteiger partial charge in [-0.2, -0.15) is 0 Å². The van der Waals surface area contributed by atoms with Crippen LogP contribution in [-0.2, 0) is 9.59 Å². The first-order chi connectivity index (χ1) is 17.7. The number of carboxylic acids is 1. The summed E-state index contributed by atoms with van der Waals surface area (Å²) in [6.07, 6.45) is 1.72. The van der Waals surface area contributed by atoms with E-state index in [1.165, 1.54) is 43.6 Å². The summed E-state index contributed by atoms with van der Waals surface area (Å²) in [5.41, 5.74) is -1.26. The van der Waals surface area contributed by atoms with Crippen LogP contribution in [0.2, 0.25) is 0 Å². The number of aromatic nitrogens is 1. The Hall–Kier alpha value is -4.73. The lowest BCUT2D eigenvalue weighted by molar-refractivity contribution is -0.147.